The number of para-hydroxylation sites is 1. The molecule has 0 saturated carbocycles. The Bertz CT molecular complexity index is 712. The second kappa shape index (κ2) is 8.95. The molecule has 0 bridgehead atoms. The highest BCUT2D eigenvalue weighted by molar-refractivity contribution is 9.10. The number of hydrogen-bond acceptors (Lipinski definition) is 4. The van der Waals surface area contributed by atoms with E-state index in [9.17, 15) is 9.50 Å². The maximum Gasteiger partial charge on any atom is 0.165 e. The van der Waals surface area contributed by atoms with Crippen molar-refractivity contribution >= 4 is 15.9 Å². The van der Waals surface area contributed by atoms with Gasteiger partial charge in [-0.2, -0.15) is 0 Å². The smallest absolute Gasteiger partial charge is 0.165 e. The summed E-state index contributed by atoms with van der Waals surface area (Å²) in [6.07, 6.45) is -0.753. The van der Waals surface area contributed by atoms with Gasteiger partial charge in [0.25, 0.3) is 0 Å². The zero-order valence-electron chi connectivity index (χ0n) is 14.6. The average molecular weight is 424 g/mol. The normalized spacial score (nSPS) is 22.2. The van der Waals surface area contributed by atoms with Gasteiger partial charge in [0.15, 0.2) is 11.6 Å². The van der Waals surface area contributed by atoms with Crippen molar-refractivity contribution in [3.8, 4) is 5.75 Å². The summed E-state index contributed by atoms with van der Waals surface area (Å²) >= 11 is 3.45. The van der Waals surface area contributed by atoms with Crippen molar-refractivity contribution in [3.05, 3.63) is 64.4 Å². The van der Waals surface area contributed by atoms with E-state index in [0.29, 0.717) is 13.2 Å². The third-order valence-electron chi connectivity index (χ3n) is 4.60. The maximum absolute atomic E-state index is 13.6. The fourth-order valence-corrected chi connectivity index (χ4v) is 3.45. The third-order valence-corrected chi connectivity index (χ3v) is 5.13. The van der Waals surface area contributed by atoms with Crippen LogP contribution in [0.3, 0.4) is 0 Å². The molecule has 3 atom stereocenters. The van der Waals surface area contributed by atoms with Gasteiger partial charge >= 0.3 is 0 Å². The Balaban J connectivity index is 1.56. The highest BCUT2D eigenvalue weighted by atomic mass is 79.9. The zero-order valence-corrected chi connectivity index (χ0v) is 16.2. The number of hydrogen-bond donors (Lipinski definition) is 1. The molecular weight excluding hydrogens is 401 g/mol. The minimum absolute atomic E-state index is 0.0449. The molecule has 1 aliphatic rings. The first kappa shape index (κ1) is 19.3. The summed E-state index contributed by atoms with van der Waals surface area (Å²) in [5.41, 5.74) is 1.11. The maximum atomic E-state index is 13.6. The summed E-state index contributed by atoms with van der Waals surface area (Å²) in [5.74, 6) is -0.260. The van der Waals surface area contributed by atoms with E-state index in [0.717, 1.165) is 16.6 Å². The number of rotatable bonds is 6. The van der Waals surface area contributed by atoms with E-state index in [-0.39, 0.29) is 24.5 Å². The quantitative estimate of drug-likeness (QED) is 0.767. The van der Waals surface area contributed by atoms with Gasteiger partial charge in [-0.05, 0) is 36.8 Å². The van der Waals surface area contributed by atoms with Crippen LogP contribution in [0.1, 0.15) is 18.6 Å². The first-order chi connectivity index (χ1) is 12.5. The minimum atomic E-state index is -0.708. The van der Waals surface area contributed by atoms with E-state index < -0.39 is 11.9 Å². The second-order valence-corrected chi connectivity index (χ2v) is 7.39. The van der Waals surface area contributed by atoms with Crippen molar-refractivity contribution in [2.45, 2.75) is 25.2 Å². The Morgan fingerprint density at radius 1 is 1.27 bits per heavy atom. The number of aliphatic hydroxyl groups excluding tert-OH is 1. The molecule has 2 aromatic rings. The molecule has 0 amide bonds. The van der Waals surface area contributed by atoms with Gasteiger partial charge in [-0.25, -0.2) is 4.39 Å². The van der Waals surface area contributed by atoms with E-state index in [1.165, 1.54) is 6.07 Å². The predicted molar refractivity (Wildman–Crippen MR) is 102 cm³/mol. The van der Waals surface area contributed by atoms with Gasteiger partial charge in [-0.15, -0.1) is 0 Å². The number of aliphatic hydroxyl groups is 1. The fourth-order valence-electron chi connectivity index (χ4n) is 3.19. The number of benzene rings is 2. The van der Waals surface area contributed by atoms with Crippen molar-refractivity contribution in [1.29, 1.82) is 0 Å². The summed E-state index contributed by atoms with van der Waals surface area (Å²) < 4.78 is 26.0. The molecule has 0 spiro atoms. The van der Waals surface area contributed by atoms with Gasteiger partial charge in [-0.3, -0.25) is 4.90 Å². The lowest BCUT2D eigenvalue weighted by molar-refractivity contribution is -0.0805. The van der Waals surface area contributed by atoms with Crippen molar-refractivity contribution in [1.82, 2.24) is 4.90 Å². The Labute approximate surface area is 161 Å². The molecular formula is C20H23BrFNO3. The predicted octanol–water partition coefficient (Wildman–Crippen LogP) is 3.79. The monoisotopic (exact) mass is 423 g/mol. The van der Waals surface area contributed by atoms with Crippen LogP contribution in [0, 0.1) is 5.82 Å². The molecule has 6 heteroatoms. The summed E-state index contributed by atoms with van der Waals surface area (Å²) in [5, 5.41) is 10.3. The van der Waals surface area contributed by atoms with Crippen molar-refractivity contribution in [3.63, 3.8) is 0 Å². The first-order valence-corrected chi connectivity index (χ1v) is 9.50. The summed E-state index contributed by atoms with van der Waals surface area (Å²) in [7, 11) is 0. The molecule has 1 fully saturated rings. The highest BCUT2D eigenvalue weighted by Crippen LogP contribution is 2.29. The minimum Gasteiger partial charge on any atom is -0.488 e. The molecule has 3 rings (SSSR count). The highest BCUT2D eigenvalue weighted by Gasteiger charge is 2.31. The number of nitrogens with zero attached hydrogens (tertiary/aromatic N) is 1. The number of β-amino-alcohol motifs (C(OH)–C–C–N with tert-alkyl or cyclic N) is 1. The van der Waals surface area contributed by atoms with Crippen molar-refractivity contribution < 1.29 is 19.0 Å². The van der Waals surface area contributed by atoms with E-state index in [4.69, 9.17) is 9.47 Å². The Morgan fingerprint density at radius 3 is 2.73 bits per heavy atom. The molecule has 4 nitrogen and oxygen atoms in total. The average Bonchev–Trinajstić information content (AvgIpc) is 2.64. The Morgan fingerprint density at radius 2 is 2.00 bits per heavy atom. The molecule has 1 N–H and O–H groups in total. The van der Waals surface area contributed by atoms with Crippen LogP contribution in [0.2, 0.25) is 0 Å². The van der Waals surface area contributed by atoms with Crippen LogP contribution in [0.15, 0.2) is 53.0 Å². The second-order valence-electron chi connectivity index (χ2n) is 6.47. The molecule has 140 valence electrons. The van der Waals surface area contributed by atoms with Gasteiger partial charge < -0.3 is 14.6 Å². The SMILES string of the molecule is CC1C(c2ccc(Br)cc2)OCCN1CC(O)COc1ccccc1F. The molecule has 0 aromatic heterocycles. The Hall–Kier alpha value is -1.47. The van der Waals surface area contributed by atoms with E-state index in [2.05, 4.69) is 27.8 Å². The lowest BCUT2D eigenvalue weighted by atomic mass is 10.0. The van der Waals surface area contributed by atoms with E-state index in [1.807, 2.05) is 24.3 Å². The number of morpholine rings is 1. The summed E-state index contributed by atoms with van der Waals surface area (Å²) in [4.78, 5) is 2.19. The van der Waals surface area contributed by atoms with Gasteiger partial charge in [0.2, 0.25) is 0 Å². The first-order valence-electron chi connectivity index (χ1n) is 8.71. The Kier molecular flexibility index (Phi) is 6.64. The van der Waals surface area contributed by atoms with Crippen molar-refractivity contribution in [2.24, 2.45) is 0 Å². The van der Waals surface area contributed by atoms with E-state index in [1.54, 1.807) is 18.2 Å². The zero-order chi connectivity index (χ0) is 18.5. The van der Waals surface area contributed by atoms with Crippen molar-refractivity contribution in [2.75, 3.05) is 26.3 Å². The third kappa shape index (κ3) is 4.82. The summed E-state index contributed by atoms with van der Waals surface area (Å²) in [6.45, 7) is 3.94. The summed E-state index contributed by atoms with van der Waals surface area (Å²) in [6, 6.07) is 14.4. The molecule has 0 aliphatic carbocycles. The lowest BCUT2D eigenvalue weighted by Gasteiger charge is -2.40. The molecule has 1 heterocycles. The fraction of sp³-hybridized carbons (Fsp3) is 0.400. The topological polar surface area (TPSA) is 41.9 Å². The van der Waals surface area contributed by atoms with Crippen LogP contribution in [-0.4, -0.2) is 48.5 Å². The van der Waals surface area contributed by atoms with Gasteiger partial charge in [0.05, 0.1) is 12.7 Å². The van der Waals surface area contributed by atoms with Gasteiger partial charge in [-0.1, -0.05) is 40.2 Å². The van der Waals surface area contributed by atoms with Crippen LogP contribution in [-0.2, 0) is 4.74 Å². The molecule has 2 aromatic carbocycles. The van der Waals surface area contributed by atoms with Crippen LogP contribution in [0.25, 0.3) is 0 Å². The molecule has 1 saturated heterocycles. The van der Waals surface area contributed by atoms with E-state index >= 15 is 0 Å². The molecule has 0 radical (unpaired) electrons. The van der Waals surface area contributed by atoms with Crippen LogP contribution in [0.5, 0.6) is 5.75 Å². The number of ether oxygens (including phenoxy) is 2. The molecule has 3 unspecified atom stereocenters. The number of halogens is 2. The van der Waals surface area contributed by atoms with Gasteiger partial charge in [0, 0.05) is 23.6 Å². The molecule has 26 heavy (non-hydrogen) atoms. The van der Waals surface area contributed by atoms with Crippen LogP contribution in [0.4, 0.5) is 4.39 Å². The van der Waals surface area contributed by atoms with Crippen LogP contribution >= 0.6 is 15.9 Å². The molecule has 1 aliphatic heterocycles. The van der Waals surface area contributed by atoms with Gasteiger partial charge in [0.1, 0.15) is 12.7 Å². The lowest BCUT2D eigenvalue weighted by Crippen LogP contribution is -2.49. The standard InChI is InChI=1S/C20H23BrFNO3/c1-14-20(15-6-8-16(21)9-7-15)25-11-10-23(14)12-17(24)13-26-19-5-3-2-4-18(19)22/h2-9,14,17,20,24H,10-13H2,1H3. The largest absolute Gasteiger partial charge is 0.488 e. The van der Waals surface area contributed by atoms with Crippen LogP contribution < -0.4 is 4.74 Å².